The van der Waals surface area contributed by atoms with E-state index < -0.39 is 18.0 Å². The predicted octanol–water partition coefficient (Wildman–Crippen LogP) is 4.07. The second-order valence-electron chi connectivity index (χ2n) is 11.3. The van der Waals surface area contributed by atoms with Crippen LogP contribution in [0.4, 0.5) is 0 Å². The summed E-state index contributed by atoms with van der Waals surface area (Å²) in [6, 6.07) is 11.4. The molecule has 2 heterocycles. The molecule has 3 aromatic rings. The number of para-hydroxylation sites is 1. The standard InChI is InChI=1S/C31H35Cl2N5O4/c1-37(16-19-11-12-23(32)24(33)13-19)30(41)26(14-21-15-34-25-10-6-5-9-22(21)25)35-27(39)17-38-18-28(40)36-29(31(38)42)20-7-3-2-4-8-20/h5-6,9-13,15,20,26,29,34H,2-4,7-8,14,16-18H2,1H3,(H,35,39)(H,36,40). The van der Waals surface area contributed by atoms with Crippen molar-refractivity contribution in [1.29, 1.82) is 0 Å². The molecule has 0 bridgehead atoms. The largest absolute Gasteiger partial charge is 0.361 e. The van der Waals surface area contributed by atoms with Crippen LogP contribution < -0.4 is 10.6 Å². The summed E-state index contributed by atoms with van der Waals surface area (Å²) in [7, 11) is 1.66. The monoisotopic (exact) mass is 611 g/mol. The molecule has 1 saturated heterocycles. The Labute approximate surface area is 254 Å². The van der Waals surface area contributed by atoms with Crippen LogP contribution in [0.5, 0.6) is 0 Å². The molecule has 2 fully saturated rings. The van der Waals surface area contributed by atoms with Crippen LogP contribution in [0.25, 0.3) is 10.9 Å². The van der Waals surface area contributed by atoms with Gasteiger partial charge in [0, 0.05) is 37.1 Å². The number of amides is 4. The summed E-state index contributed by atoms with van der Waals surface area (Å²) in [5.41, 5.74) is 2.59. The average molecular weight is 613 g/mol. The number of rotatable bonds is 9. The van der Waals surface area contributed by atoms with Gasteiger partial charge < -0.3 is 25.4 Å². The number of H-pyrrole nitrogens is 1. The number of carbonyl (C=O) groups excluding carboxylic acids is 4. The molecule has 1 aliphatic heterocycles. The molecule has 42 heavy (non-hydrogen) atoms. The fraction of sp³-hybridized carbons (Fsp3) is 0.419. The molecule has 3 N–H and O–H groups in total. The van der Waals surface area contributed by atoms with Crippen LogP contribution in [-0.2, 0) is 32.1 Å². The van der Waals surface area contributed by atoms with Crippen LogP contribution in [-0.4, -0.2) is 70.6 Å². The fourth-order valence-corrected chi connectivity index (χ4v) is 6.36. The molecule has 1 saturated carbocycles. The zero-order valence-corrected chi connectivity index (χ0v) is 25.0. The number of aromatic amines is 1. The average Bonchev–Trinajstić information content (AvgIpc) is 3.39. The van der Waals surface area contributed by atoms with E-state index in [0.717, 1.165) is 54.1 Å². The van der Waals surface area contributed by atoms with E-state index in [-0.39, 0.29) is 49.7 Å². The molecule has 11 heteroatoms. The van der Waals surface area contributed by atoms with Crippen LogP contribution in [0, 0.1) is 5.92 Å². The third kappa shape index (κ3) is 6.90. The number of aromatic nitrogens is 1. The first-order chi connectivity index (χ1) is 20.2. The highest BCUT2D eigenvalue weighted by molar-refractivity contribution is 6.42. The molecular formula is C31H35Cl2N5O4. The maximum absolute atomic E-state index is 13.8. The highest BCUT2D eigenvalue weighted by Crippen LogP contribution is 2.28. The van der Waals surface area contributed by atoms with E-state index in [1.54, 1.807) is 25.2 Å². The highest BCUT2D eigenvalue weighted by Gasteiger charge is 2.39. The lowest BCUT2D eigenvalue weighted by Crippen LogP contribution is -2.62. The molecule has 5 rings (SSSR count). The number of hydrogen-bond acceptors (Lipinski definition) is 4. The Bertz CT molecular complexity index is 1480. The minimum Gasteiger partial charge on any atom is -0.361 e. The van der Waals surface area contributed by atoms with E-state index in [1.165, 1.54) is 9.80 Å². The van der Waals surface area contributed by atoms with Crippen molar-refractivity contribution in [2.75, 3.05) is 20.1 Å². The molecule has 222 valence electrons. The van der Waals surface area contributed by atoms with Crippen molar-refractivity contribution in [3.05, 3.63) is 69.8 Å². The zero-order valence-electron chi connectivity index (χ0n) is 23.5. The Morgan fingerprint density at radius 3 is 2.60 bits per heavy atom. The quantitative estimate of drug-likeness (QED) is 0.338. The molecule has 1 aromatic heterocycles. The Morgan fingerprint density at radius 1 is 1.07 bits per heavy atom. The van der Waals surface area contributed by atoms with Crippen molar-refractivity contribution in [1.82, 2.24) is 25.4 Å². The fourth-order valence-electron chi connectivity index (χ4n) is 6.04. The van der Waals surface area contributed by atoms with Gasteiger partial charge in [-0.2, -0.15) is 0 Å². The van der Waals surface area contributed by atoms with Gasteiger partial charge in [-0.3, -0.25) is 19.2 Å². The van der Waals surface area contributed by atoms with Gasteiger partial charge in [0.15, 0.2) is 0 Å². The van der Waals surface area contributed by atoms with Gasteiger partial charge >= 0.3 is 0 Å². The smallest absolute Gasteiger partial charge is 0.246 e. The van der Waals surface area contributed by atoms with Gasteiger partial charge in [0.25, 0.3) is 0 Å². The summed E-state index contributed by atoms with van der Waals surface area (Å²) in [6.45, 7) is -0.235. The highest BCUT2D eigenvalue weighted by atomic mass is 35.5. The van der Waals surface area contributed by atoms with Gasteiger partial charge in [0.05, 0.1) is 10.0 Å². The van der Waals surface area contributed by atoms with Crippen LogP contribution in [0.3, 0.4) is 0 Å². The molecular weight excluding hydrogens is 577 g/mol. The topological polar surface area (TPSA) is 115 Å². The minimum absolute atomic E-state index is 0.0762. The minimum atomic E-state index is -0.910. The summed E-state index contributed by atoms with van der Waals surface area (Å²) in [5.74, 6) is -1.24. The van der Waals surface area contributed by atoms with Gasteiger partial charge in [-0.25, -0.2) is 0 Å². The Hall–Kier alpha value is -3.56. The number of hydrogen-bond donors (Lipinski definition) is 3. The van der Waals surface area contributed by atoms with E-state index in [0.29, 0.717) is 10.0 Å². The van der Waals surface area contributed by atoms with Crippen molar-refractivity contribution in [2.45, 2.75) is 57.2 Å². The third-order valence-corrected chi connectivity index (χ3v) is 8.94. The summed E-state index contributed by atoms with van der Waals surface area (Å²) < 4.78 is 0. The summed E-state index contributed by atoms with van der Waals surface area (Å²) in [4.78, 5) is 59.0. The number of nitrogens with zero attached hydrogens (tertiary/aromatic N) is 2. The van der Waals surface area contributed by atoms with Gasteiger partial charge in [0.2, 0.25) is 23.6 Å². The van der Waals surface area contributed by atoms with E-state index in [9.17, 15) is 19.2 Å². The van der Waals surface area contributed by atoms with E-state index in [1.807, 2.05) is 30.5 Å². The van der Waals surface area contributed by atoms with Crippen molar-refractivity contribution < 1.29 is 19.2 Å². The number of piperazine rings is 1. The molecule has 1 aliphatic carbocycles. The van der Waals surface area contributed by atoms with Crippen LogP contribution in [0.2, 0.25) is 10.0 Å². The number of likely N-dealkylation sites (N-methyl/N-ethyl adjacent to an activating group) is 1. The summed E-state index contributed by atoms with van der Waals surface area (Å²) >= 11 is 12.2. The van der Waals surface area contributed by atoms with E-state index in [2.05, 4.69) is 15.6 Å². The van der Waals surface area contributed by atoms with Crippen molar-refractivity contribution in [2.24, 2.45) is 5.92 Å². The molecule has 2 aromatic carbocycles. The van der Waals surface area contributed by atoms with E-state index >= 15 is 0 Å². The van der Waals surface area contributed by atoms with E-state index in [4.69, 9.17) is 23.2 Å². The first-order valence-electron chi connectivity index (χ1n) is 14.3. The van der Waals surface area contributed by atoms with Gasteiger partial charge in [0.1, 0.15) is 25.2 Å². The Balaban J connectivity index is 1.32. The van der Waals surface area contributed by atoms with Crippen LogP contribution in [0.1, 0.15) is 43.2 Å². The second-order valence-corrected chi connectivity index (χ2v) is 12.1. The van der Waals surface area contributed by atoms with Crippen LogP contribution in [0.15, 0.2) is 48.7 Å². The maximum Gasteiger partial charge on any atom is 0.246 e. The zero-order chi connectivity index (χ0) is 29.8. The predicted molar refractivity (Wildman–Crippen MR) is 162 cm³/mol. The molecule has 2 aliphatic rings. The second kappa shape index (κ2) is 13.2. The molecule has 9 nitrogen and oxygen atoms in total. The van der Waals surface area contributed by atoms with Crippen LogP contribution >= 0.6 is 23.2 Å². The Kier molecular flexibility index (Phi) is 9.38. The van der Waals surface area contributed by atoms with Crippen molar-refractivity contribution in [3.63, 3.8) is 0 Å². The number of nitrogens with one attached hydrogen (secondary N) is 3. The molecule has 0 spiro atoms. The lowest BCUT2D eigenvalue weighted by atomic mass is 9.82. The van der Waals surface area contributed by atoms with Gasteiger partial charge in [-0.05, 0) is 48.1 Å². The molecule has 2 atom stereocenters. The first kappa shape index (κ1) is 29.9. The van der Waals surface area contributed by atoms with Crippen molar-refractivity contribution in [3.8, 4) is 0 Å². The van der Waals surface area contributed by atoms with Gasteiger partial charge in [-0.1, -0.05) is 66.7 Å². The molecule has 0 radical (unpaired) electrons. The molecule has 4 amide bonds. The lowest BCUT2D eigenvalue weighted by Gasteiger charge is -2.37. The maximum atomic E-state index is 13.8. The lowest BCUT2D eigenvalue weighted by molar-refractivity contribution is -0.148. The normalized spacial score (nSPS) is 18.5. The number of benzene rings is 2. The van der Waals surface area contributed by atoms with Gasteiger partial charge in [-0.15, -0.1) is 0 Å². The molecule has 2 unspecified atom stereocenters. The number of fused-ring (bicyclic) bond motifs is 1. The number of halogens is 2. The Morgan fingerprint density at radius 2 is 1.83 bits per heavy atom. The third-order valence-electron chi connectivity index (χ3n) is 8.20. The summed E-state index contributed by atoms with van der Waals surface area (Å²) in [6.07, 6.45) is 7.01. The first-order valence-corrected chi connectivity index (χ1v) is 15.1. The number of carbonyl (C=O) groups is 4. The van der Waals surface area contributed by atoms with Crippen molar-refractivity contribution >= 4 is 57.7 Å². The SMILES string of the molecule is CN(Cc1ccc(Cl)c(Cl)c1)C(=O)C(Cc1c[nH]c2ccccc12)NC(=O)CN1CC(=O)NC(C2CCCCC2)C1=O. The summed E-state index contributed by atoms with van der Waals surface area (Å²) in [5, 5.41) is 7.48.